The quantitative estimate of drug-likeness (QED) is 0.821. The predicted molar refractivity (Wildman–Crippen MR) is 90.0 cm³/mol. The van der Waals surface area contributed by atoms with E-state index in [1.165, 1.54) is 21.0 Å². The van der Waals surface area contributed by atoms with Crippen LogP contribution < -0.4 is 0 Å². The molecular formula is C15H24N2O3S2. The van der Waals surface area contributed by atoms with Crippen molar-refractivity contribution < 1.29 is 13.2 Å². The second-order valence-electron chi connectivity index (χ2n) is 5.62. The summed E-state index contributed by atoms with van der Waals surface area (Å²) < 4.78 is 24.5. The number of hydrogen-bond acceptors (Lipinski definition) is 4. The highest BCUT2D eigenvalue weighted by molar-refractivity contribution is 7.88. The number of sulfonamides is 1. The molecule has 0 aromatic carbocycles. The highest BCUT2D eigenvalue weighted by Crippen LogP contribution is 2.26. The Morgan fingerprint density at radius 1 is 1.23 bits per heavy atom. The molecule has 0 spiro atoms. The van der Waals surface area contributed by atoms with E-state index in [0.29, 0.717) is 26.2 Å². The van der Waals surface area contributed by atoms with Gasteiger partial charge in [-0.05, 0) is 24.5 Å². The van der Waals surface area contributed by atoms with E-state index in [1.54, 1.807) is 16.2 Å². The van der Waals surface area contributed by atoms with Crippen molar-refractivity contribution in [3.05, 3.63) is 21.4 Å². The Morgan fingerprint density at radius 3 is 2.36 bits per heavy atom. The van der Waals surface area contributed by atoms with Gasteiger partial charge in [-0.25, -0.2) is 8.42 Å². The Morgan fingerprint density at radius 2 is 1.86 bits per heavy atom. The van der Waals surface area contributed by atoms with Crippen LogP contribution in [0, 0.1) is 0 Å². The Balaban J connectivity index is 2.07. The zero-order chi connectivity index (χ0) is 16.3. The Labute approximate surface area is 137 Å². The monoisotopic (exact) mass is 344 g/mol. The van der Waals surface area contributed by atoms with Crippen LogP contribution in [0.3, 0.4) is 0 Å². The van der Waals surface area contributed by atoms with Gasteiger partial charge in [0.25, 0.3) is 5.91 Å². The van der Waals surface area contributed by atoms with E-state index in [2.05, 4.69) is 13.8 Å². The van der Waals surface area contributed by atoms with Crippen molar-refractivity contribution in [2.24, 2.45) is 0 Å². The third-order valence-corrected chi connectivity index (χ3v) is 6.49. The minimum atomic E-state index is -3.16. The van der Waals surface area contributed by atoms with Crippen LogP contribution in [-0.4, -0.2) is 56.0 Å². The average Bonchev–Trinajstić information content (AvgIpc) is 2.89. The molecule has 1 amide bonds. The van der Waals surface area contributed by atoms with Crippen LogP contribution in [0.25, 0.3) is 0 Å². The summed E-state index contributed by atoms with van der Waals surface area (Å²) in [5, 5.41) is 0. The molecule has 0 unspecified atom stereocenters. The summed E-state index contributed by atoms with van der Waals surface area (Å²) in [5.41, 5.74) is 1.27. The summed E-state index contributed by atoms with van der Waals surface area (Å²) >= 11 is 1.59. The maximum Gasteiger partial charge on any atom is 0.264 e. The van der Waals surface area contributed by atoms with Gasteiger partial charge < -0.3 is 4.90 Å². The van der Waals surface area contributed by atoms with Crippen LogP contribution in [0.4, 0.5) is 0 Å². The molecule has 0 aliphatic carbocycles. The molecule has 5 nitrogen and oxygen atoms in total. The molecule has 0 N–H and O–H groups in total. The lowest BCUT2D eigenvalue weighted by atomic mass is 10.1. The van der Waals surface area contributed by atoms with Crippen LogP contribution >= 0.6 is 11.3 Å². The molecule has 2 heterocycles. The summed E-state index contributed by atoms with van der Waals surface area (Å²) in [5.74, 6) is 0.0372. The van der Waals surface area contributed by atoms with E-state index in [9.17, 15) is 13.2 Å². The summed E-state index contributed by atoms with van der Waals surface area (Å²) in [6.07, 6.45) is 4.26. The molecule has 1 aromatic heterocycles. The van der Waals surface area contributed by atoms with Gasteiger partial charge in [-0.3, -0.25) is 4.79 Å². The van der Waals surface area contributed by atoms with E-state index < -0.39 is 10.0 Å². The van der Waals surface area contributed by atoms with Crippen LogP contribution in [0.2, 0.25) is 0 Å². The Hall–Kier alpha value is -0.920. The van der Waals surface area contributed by atoms with E-state index >= 15 is 0 Å². The number of carbonyl (C=O) groups excluding carboxylic acids is 1. The maximum absolute atomic E-state index is 12.6. The van der Waals surface area contributed by atoms with Crippen molar-refractivity contribution in [3.8, 4) is 0 Å². The Bertz CT molecular complexity index is 629. The summed E-state index contributed by atoms with van der Waals surface area (Å²) in [4.78, 5) is 16.5. The van der Waals surface area contributed by atoms with Crippen molar-refractivity contribution in [1.82, 2.24) is 9.21 Å². The van der Waals surface area contributed by atoms with Gasteiger partial charge in [-0.2, -0.15) is 4.31 Å². The Kier molecular flexibility index (Phi) is 5.63. The number of rotatable bonds is 5. The van der Waals surface area contributed by atoms with Crippen molar-refractivity contribution in [1.29, 1.82) is 0 Å². The number of thiophene rings is 1. The molecule has 0 radical (unpaired) electrons. The van der Waals surface area contributed by atoms with Crippen LogP contribution in [0.15, 0.2) is 6.07 Å². The zero-order valence-corrected chi connectivity index (χ0v) is 15.1. The normalized spacial score (nSPS) is 17.0. The zero-order valence-electron chi connectivity index (χ0n) is 13.5. The van der Waals surface area contributed by atoms with Gasteiger partial charge in [0.2, 0.25) is 10.0 Å². The van der Waals surface area contributed by atoms with Gasteiger partial charge in [0.15, 0.2) is 0 Å². The lowest BCUT2D eigenvalue weighted by Crippen LogP contribution is -2.50. The molecule has 124 valence electrons. The molecule has 1 aliphatic rings. The van der Waals surface area contributed by atoms with Crippen LogP contribution in [0.5, 0.6) is 0 Å². The van der Waals surface area contributed by atoms with Gasteiger partial charge in [0.05, 0.1) is 11.1 Å². The van der Waals surface area contributed by atoms with E-state index in [0.717, 1.165) is 24.1 Å². The number of piperazine rings is 1. The first-order valence-electron chi connectivity index (χ1n) is 7.72. The number of aryl methyl sites for hydroxylation is 2. The lowest BCUT2D eigenvalue weighted by Gasteiger charge is -2.33. The maximum atomic E-state index is 12.6. The first-order valence-corrected chi connectivity index (χ1v) is 10.4. The van der Waals surface area contributed by atoms with Crippen molar-refractivity contribution >= 4 is 27.3 Å². The number of carbonyl (C=O) groups is 1. The summed E-state index contributed by atoms with van der Waals surface area (Å²) in [7, 11) is -3.16. The minimum absolute atomic E-state index is 0.0372. The van der Waals surface area contributed by atoms with Crippen LogP contribution in [0.1, 0.15) is 40.4 Å². The fraction of sp³-hybridized carbons (Fsp3) is 0.667. The van der Waals surface area contributed by atoms with Gasteiger partial charge >= 0.3 is 0 Å². The third-order valence-electron chi connectivity index (χ3n) is 3.96. The lowest BCUT2D eigenvalue weighted by molar-refractivity contribution is 0.0703. The molecule has 1 fully saturated rings. The standard InChI is InChI=1S/C15H24N2O3S2/c1-4-6-13-12(5-2)11-14(21-13)15(18)16-7-9-17(10-8-16)22(3,19)20/h11H,4-10H2,1-3H3. The molecular weight excluding hydrogens is 320 g/mol. The van der Waals surface area contributed by atoms with Crippen molar-refractivity contribution in [3.63, 3.8) is 0 Å². The fourth-order valence-electron chi connectivity index (χ4n) is 2.69. The number of hydrogen-bond donors (Lipinski definition) is 0. The highest BCUT2D eigenvalue weighted by Gasteiger charge is 2.27. The largest absolute Gasteiger partial charge is 0.335 e. The summed E-state index contributed by atoms with van der Waals surface area (Å²) in [6.45, 7) is 5.96. The SMILES string of the molecule is CCCc1sc(C(=O)N2CCN(S(C)(=O)=O)CC2)cc1CC. The number of amides is 1. The highest BCUT2D eigenvalue weighted by atomic mass is 32.2. The van der Waals surface area contributed by atoms with E-state index in [4.69, 9.17) is 0 Å². The molecule has 0 saturated carbocycles. The topological polar surface area (TPSA) is 57.7 Å². The molecule has 0 atom stereocenters. The van der Waals surface area contributed by atoms with E-state index in [-0.39, 0.29) is 5.91 Å². The molecule has 2 rings (SSSR count). The molecule has 1 saturated heterocycles. The minimum Gasteiger partial charge on any atom is -0.335 e. The number of nitrogens with zero attached hydrogens (tertiary/aromatic N) is 2. The smallest absolute Gasteiger partial charge is 0.264 e. The van der Waals surface area contributed by atoms with Gasteiger partial charge in [-0.15, -0.1) is 11.3 Å². The van der Waals surface area contributed by atoms with Gasteiger partial charge in [-0.1, -0.05) is 20.3 Å². The van der Waals surface area contributed by atoms with Gasteiger partial charge in [0, 0.05) is 31.1 Å². The van der Waals surface area contributed by atoms with Crippen molar-refractivity contribution in [2.75, 3.05) is 32.4 Å². The van der Waals surface area contributed by atoms with E-state index in [1.807, 2.05) is 6.07 Å². The van der Waals surface area contributed by atoms with Crippen LogP contribution in [-0.2, 0) is 22.9 Å². The first-order chi connectivity index (χ1) is 10.4. The molecule has 0 bridgehead atoms. The fourth-order valence-corrected chi connectivity index (χ4v) is 4.84. The van der Waals surface area contributed by atoms with Crippen molar-refractivity contribution in [2.45, 2.75) is 33.1 Å². The van der Waals surface area contributed by atoms with Gasteiger partial charge in [0.1, 0.15) is 0 Å². The second-order valence-corrected chi connectivity index (χ2v) is 8.74. The predicted octanol–water partition coefficient (Wildman–Crippen LogP) is 1.98. The summed E-state index contributed by atoms with van der Waals surface area (Å²) in [6, 6.07) is 2.01. The first kappa shape index (κ1) is 17.4. The molecule has 7 heteroatoms. The average molecular weight is 345 g/mol. The molecule has 1 aromatic rings. The molecule has 1 aliphatic heterocycles. The third kappa shape index (κ3) is 3.88. The second kappa shape index (κ2) is 7.10. The molecule has 22 heavy (non-hydrogen) atoms.